The largest absolute Gasteiger partial charge is 0.394 e. The molecule has 106 valence electrons. The lowest BCUT2D eigenvalue weighted by molar-refractivity contribution is 0.105. The van der Waals surface area contributed by atoms with Crippen molar-refractivity contribution in [2.45, 2.75) is 6.10 Å². The first-order chi connectivity index (χ1) is 9.58. The highest BCUT2D eigenvalue weighted by Crippen LogP contribution is 2.21. The van der Waals surface area contributed by atoms with Gasteiger partial charge in [-0.1, -0.05) is 23.2 Å². The van der Waals surface area contributed by atoms with Crippen LogP contribution in [0.15, 0.2) is 30.3 Å². The van der Waals surface area contributed by atoms with E-state index < -0.39 is 6.10 Å². The van der Waals surface area contributed by atoms with E-state index in [0.29, 0.717) is 5.82 Å². The van der Waals surface area contributed by atoms with Gasteiger partial charge in [-0.15, -0.1) is 0 Å². The van der Waals surface area contributed by atoms with Gasteiger partial charge in [0.05, 0.1) is 12.7 Å². The zero-order chi connectivity index (χ0) is 14.5. The van der Waals surface area contributed by atoms with Crippen molar-refractivity contribution >= 4 is 28.9 Å². The molecule has 0 bridgehead atoms. The van der Waals surface area contributed by atoms with Gasteiger partial charge in [-0.05, 0) is 24.3 Å². The Bertz CT molecular complexity index is 558. The van der Waals surface area contributed by atoms with Crippen LogP contribution in [-0.2, 0) is 0 Å². The monoisotopic (exact) mass is 313 g/mol. The van der Waals surface area contributed by atoms with Gasteiger partial charge in [0, 0.05) is 23.9 Å². The van der Waals surface area contributed by atoms with Crippen LogP contribution in [0.25, 0.3) is 11.4 Å². The smallest absolute Gasteiger partial charge is 0.162 e. The van der Waals surface area contributed by atoms with E-state index in [-0.39, 0.29) is 23.5 Å². The van der Waals surface area contributed by atoms with Crippen molar-refractivity contribution in [3.8, 4) is 11.4 Å². The summed E-state index contributed by atoms with van der Waals surface area (Å²) < 4.78 is 0. The van der Waals surface area contributed by atoms with Crippen LogP contribution in [0.4, 0.5) is 5.69 Å². The average molecular weight is 314 g/mol. The molecule has 1 aromatic heterocycles. The highest BCUT2D eigenvalue weighted by molar-refractivity contribution is 6.33. The third-order valence-corrected chi connectivity index (χ3v) is 2.95. The van der Waals surface area contributed by atoms with Gasteiger partial charge >= 0.3 is 0 Å². The van der Waals surface area contributed by atoms with Crippen LogP contribution in [0.3, 0.4) is 0 Å². The number of rotatable bonds is 5. The van der Waals surface area contributed by atoms with Crippen molar-refractivity contribution < 1.29 is 10.2 Å². The predicted octanol–water partition coefficient (Wildman–Crippen LogP) is 2.22. The molecule has 0 aliphatic rings. The summed E-state index contributed by atoms with van der Waals surface area (Å²) >= 11 is 11.7. The highest BCUT2D eigenvalue weighted by Gasteiger charge is 2.06. The Morgan fingerprint density at radius 2 is 1.70 bits per heavy atom. The maximum Gasteiger partial charge on any atom is 0.162 e. The van der Waals surface area contributed by atoms with Gasteiger partial charge in [0.1, 0.15) is 10.3 Å². The highest BCUT2D eigenvalue weighted by atomic mass is 35.5. The van der Waals surface area contributed by atoms with Crippen molar-refractivity contribution in [1.82, 2.24) is 9.97 Å². The van der Waals surface area contributed by atoms with E-state index in [1.165, 1.54) is 6.07 Å². The summed E-state index contributed by atoms with van der Waals surface area (Å²) in [5.74, 6) is 0.449. The first-order valence-electron chi connectivity index (χ1n) is 5.92. The van der Waals surface area contributed by atoms with Crippen LogP contribution < -0.4 is 5.32 Å². The van der Waals surface area contributed by atoms with E-state index in [2.05, 4.69) is 15.3 Å². The molecule has 7 heteroatoms. The Balaban J connectivity index is 2.11. The van der Waals surface area contributed by atoms with Gasteiger partial charge in [0.25, 0.3) is 0 Å². The SMILES string of the molecule is OCC(O)CNc1ccc(-c2nc(Cl)cc(Cl)n2)cc1. The summed E-state index contributed by atoms with van der Waals surface area (Å²) in [6.45, 7) is -0.00469. The zero-order valence-corrected chi connectivity index (χ0v) is 11.9. The van der Waals surface area contributed by atoms with Crippen LogP contribution in [0, 0.1) is 0 Å². The molecule has 0 spiro atoms. The summed E-state index contributed by atoms with van der Waals surface area (Å²) in [5.41, 5.74) is 1.59. The molecule has 2 rings (SSSR count). The van der Waals surface area contributed by atoms with Crippen LogP contribution in [-0.4, -0.2) is 39.4 Å². The maximum atomic E-state index is 9.25. The van der Waals surface area contributed by atoms with Gasteiger partial charge in [-0.3, -0.25) is 0 Å². The van der Waals surface area contributed by atoms with Gasteiger partial charge in [0.15, 0.2) is 5.82 Å². The molecule has 1 atom stereocenters. The van der Waals surface area contributed by atoms with E-state index in [9.17, 15) is 5.11 Å². The minimum absolute atomic E-state index is 0.273. The maximum absolute atomic E-state index is 9.25. The molecule has 1 unspecified atom stereocenters. The molecule has 5 nitrogen and oxygen atoms in total. The van der Waals surface area contributed by atoms with Crippen LogP contribution in [0.1, 0.15) is 0 Å². The molecule has 0 saturated heterocycles. The second kappa shape index (κ2) is 6.85. The molecule has 3 N–H and O–H groups in total. The van der Waals surface area contributed by atoms with E-state index in [4.69, 9.17) is 28.3 Å². The molecule has 0 saturated carbocycles. The molecule has 0 fully saturated rings. The average Bonchev–Trinajstić information content (AvgIpc) is 2.44. The van der Waals surface area contributed by atoms with E-state index in [1.54, 1.807) is 0 Å². The fraction of sp³-hybridized carbons (Fsp3) is 0.231. The number of aromatic nitrogens is 2. The second-order valence-corrected chi connectivity index (χ2v) is 4.91. The standard InChI is InChI=1S/C13H13Cl2N3O2/c14-11-5-12(15)18-13(17-11)8-1-3-9(4-2-8)16-6-10(20)7-19/h1-5,10,16,19-20H,6-7H2. The summed E-state index contributed by atoms with van der Waals surface area (Å²) in [6, 6.07) is 8.74. The minimum atomic E-state index is -0.787. The first-order valence-corrected chi connectivity index (χ1v) is 6.67. The van der Waals surface area contributed by atoms with Gasteiger partial charge in [0.2, 0.25) is 0 Å². The molecule has 0 amide bonds. The molecule has 20 heavy (non-hydrogen) atoms. The molecule has 1 heterocycles. The normalized spacial score (nSPS) is 12.2. The summed E-state index contributed by atoms with van der Waals surface area (Å²) in [5, 5.41) is 21.5. The molecular formula is C13H13Cl2N3O2. The lowest BCUT2D eigenvalue weighted by Crippen LogP contribution is -2.22. The quantitative estimate of drug-likeness (QED) is 0.738. The third kappa shape index (κ3) is 4.05. The zero-order valence-electron chi connectivity index (χ0n) is 10.4. The number of nitrogens with one attached hydrogen (secondary N) is 1. The number of anilines is 1. The van der Waals surface area contributed by atoms with Crippen molar-refractivity contribution in [2.75, 3.05) is 18.5 Å². The lowest BCUT2D eigenvalue weighted by Gasteiger charge is -2.10. The number of hydrogen-bond donors (Lipinski definition) is 3. The Hall–Kier alpha value is -1.40. The number of benzene rings is 1. The van der Waals surface area contributed by atoms with Crippen molar-refractivity contribution in [3.63, 3.8) is 0 Å². The van der Waals surface area contributed by atoms with E-state index in [0.717, 1.165) is 11.3 Å². The Kier molecular flexibility index (Phi) is 5.14. The first kappa shape index (κ1) is 15.0. The summed E-state index contributed by atoms with van der Waals surface area (Å²) in [6.07, 6.45) is -0.787. The van der Waals surface area contributed by atoms with E-state index >= 15 is 0 Å². The molecule has 0 radical (unpaired) electrons. The predicted molar refractivity (Wildman–Crippen MR) is 79.1 cm³/mol. The third-order valence-electron chi connectivity index (χ3n) is 2.56. The molecule has 0 aliphatic heterocycles. The van der Waals surface area contributed by atoms with Crippen LogP contribution in [0.2, 0.25) is 10.3 Å². The van der Waals surface area contributed by atoms with Gasteiger partial charge in [-0.25, -0.2) is 9.97 Å². The minimum Gasteiger partial charge on any atom is -0.394 e. The molecule has 1 aromatic carbocycles. The topological polar surface area (TPSA) is 78.3 Å². The lowest BCUT2D eigenvalue weighted by atomic mass is 10.2. The number of aliphatic hydroxyl groups is 2. The number of aliphatic hydroxyl groups excluding tert-OH is 2. The van der Waals surface area contributed by atoms with Gasteiger partial charge < -0.3 is 15.5 Å². The second-order valence-electron chi connectivity index (χ2n) is 4.13. The van der Waals surface area contributed by atoms with Gasteiger partial charge in [-0.2, -0.15) is 0 Å². The number of nitrogens with zero attached hydrogens (tertiary/aromatic N) is 2. The summed E-state index contributed by atoms with van der Waals surface area (Å²) in [7, 11) is 0. The molecule has 2 aromatic rings. The number of halogens is 2. The van der Waals surface area contributed by atoms with E-state index in [1.807, 2.05) is 24.3 Å². The Morgan fingerprint density at radius 1 is 1.10 bits per heavy atom. The molecule has 0 aliphatic carbocycles. The fourth-order valence-electron chi connectivity index (χ4n) is 1.56. The molecular weight excluding hydrogens is 301 g/mol. The fourth-order valence-corrected chi connectivity index (χ4v) is 1.98. The van der Waals surface area contributed by atoms with Crippen LogP contribution >= 0.6 is 23.2 Å². The Morgan fingerprint density at radius 3 is 2.25 bits per heavy atom. The van der Waals surface area contributed by atoms with Crippen molar-refractivity contribution in [2.24, 2.45) is 0 Å². The van der Waals surface area contributed by atoms with Crippen molar-refractivity contribution in [1.29, 1.82) is 0 Å². The summed E-state index contributed by atoms with van der Waals surface area (Å²) in [4.78, 5) is 8.20. The van der Waals surface area contributed by atoms with Crippen LogP contribution in [0.5, 0.6) is 0 Å². The number of hydrogen-bond acceptors (Lipinski definition) is 5. The Labute approximate surface area is 126 Å². The van der Waals surface area contributed by atoms with Crippen molar-refractivity contribution in [3.05, 3.63) is 40.6 Å².